The highest BCUT2D eigenvalue weighted by Gasteiger charge is 2.01. The summed E-state index contributed by atoms with van der Waals surface area (Å²) in [6, 6.07) is 0. The minimum atomic E-state index is 0.971. The molecule has 0 saturated carbocycles. The summed E-state index contributed by atoms with van der Waals surface area (Å²) >= 11 is 2.48. The third kappa shape index (κ3) is 12.7. The highest BCUT2D eigenvalue weighted by molar-refractivity contribution is 14.1. The Morgan fingerprint density at radius 2 is 1.33 bits per heavy atom. The van der Waals surface area contributed by atoms with E-state index in [2.05, 4.69) is 36.4 Å². The Balaban J connectivity index is 3.06. The van der Waals surface area contributed by atoms with Crippen molar-refractivity contribution in [2.45, 2.75) is 78.1 Å². The summed E-state index contributed by atoms with van der Waals surface area (Å²) in [6.07, 6.45) is 14.4. The molecular formula is C14H29I. The van der Waals surface area contributed by atoms with E-state index < -0.39 is 0 Å². The molecule has 0 aromatic rings. The van der Waals surface area contributed by atoms with Crippen LogP contribution in [0.4, 0.5) is 0 Å². The van der Waals surface area contributed by atoms with Gasteiger partial charge < -0.3 is 0 Å². The first-order valence-corrected chi connectivity index (χ1v) is 8.39. The van der Waals surface area contributed by atoms with Crippen molar-refractivity contribution in [2.24, 2.45) is 5.92 Å². The molecule has 0 nitrogen and oxygen atoms in total. The Kier molecular flexibility index (Phi) is 13.4. The van der Waals surface area contributed by atoms with Crippen molar-refractivity contribution in [1.29, 1.82) is 0 Å². The number of unbranched alkanes of at least 4 members (excludes halogenated alkanes) is 6. The third-order valence-electron chi connectivity index (χ3n) is 3.13. The number of alkyl halides is 1. The van der Waals surface area contributed by atoms with Crippen LogP contribution in [0.5, 0.6) is 0 Å². The quantitative estimate of drug-likeness (QED) is 0.249. The van der Waals surface area contributed by atoms with Crippen molar-refractivity contribution in [3.8, 4) is 0 Å². The maximum absolute atomic E-state index is 2.48. The summed E-state index contributed by atoms with van der Waals surface area (Å²) in [4.78, 5) is 0. The standard InChI is InChI=1S/C14H29I/c1-3-4-5-6-7-8-11-14(2)12-9-10-13-15/h14H,3-13H2,1-2H3/t14-/m0/s1. The Hall–Kier alpha value is 0.730. The number of rotatable bonds is 11. The molecule has 0 aromatic carbocycles. The van der Waals surface area contributed by atoms with Crippen LogP contribution in [0.2, 0.25) is 0 Å². The van der Waals surface area contributed by atoms with Crippen molar-refractivity contribution in [3.05, 3.63) is 0 Å². The minimum Gasteiger partial charge on any atom is -0.0864 e. The van der Waals surface area contributed by atoms with Gasteiger partial charge in [-0.05, 0) is 16.8 Å². The molecule has 0 aliphatic heterocycles. The van der Waals surface area contributed by atoms with Gasteiger partial charge in [0.1, 0.15) is 0 Å². The SMILES string of the molecule is CCCCCCCC[C@H](C)CCCCI. The molecular weight excluding hydrogens is 295 g/mol. The summed E-state index contributed by atoms with van der Waals surface area (Å²) in [5.41, 5.74) is 0. The first-order valence-electron chi connectivity index (χ1n) is 6.87. The average Bonchev–Trinajstić information content (AvgIpc) is 2.23. The summed E-state index contributed by atoms with van der Waals surface area (Å²) in [5.74, 6) is 0.971. The van der Waals surface area contributed by atoms with Crippen LogP contribution in [-0.2, 0) is 0 Å². The molecule has 0 radical (unpaired) electrons. The summed E-state index contributed by atoms with van der Waals surface area (Å²) < 4.78 is 1.33. The molecule has 0 aliphatic carbocycles. The second-order valence-corrected chi connectivity index (χ2v) is 5.93. The molecule has 0 saturated heterocycles. The van der Waals surface area contributed by atoms with Gasteiger partial charge in [0.25, 0.3) is 0 Å². The number of hydrogen-bond acceptors (Lipinski definition) is 0. The molecule has 15 heavy (non-hydrogen) atoms. The normalized spacial score (nSPS) is 13.0. The minimum absolute atomic E-state index is 0.971. The van der Waals surface area contributed by atoms with E-state index in [1.807, 2.05) is 0 Å². The highest BCUT2D eigenvalue weighted by atomic mass is 127. The smallest absolute Gasteiger partial charge is 0.000473 e. The Morgan fingerprint density at radius 1 is 0.800 bits per heavy atom. The van der Waals surface area contributed by atoms with E-state index in [0.717, 1.165) is 5.92 Å². The van der Waals surface area contributed by atoms with Gasteiger partial charge in [0.2, 0.25) is 0 Å². The lowest BCUT2D eigenvalue weighted by molar-refractivity contribution is 0.443. The largest absolute Gasteiger partial charge is 0.0864 e. The average molecular weight is 324 g/mol. The lowest BCUT2D eigenvalue weighted by atomic mass is 9.97. The number of halogens is 1. The first kappa shape index (κ1) is 15.7. The predicted octanol–water partition coefficient (Wildman–Crippen LogP) is 5.98. The van der Waals surface area contributed by atoms with E-state index in [1.54, 1.807) is 0 Å². The topological polar surface area (TPSA) is 0 Å². The third-order valence-corrected chi connectivity index (χ3v) is 3.89. The second kappa shape index (κ2) is 12.8. The van der Waals surface area contributed by atoms with Crippen molar-refractivity contribution in [3.63, 3.8) is 0 Å². The van der Waals surface area contributed by atoms with Gasteiger partial charge in [0.15, 0.2) is 0 Å². The zero-order valence-corrected chi connectivity index (χ0v) is 12.9. The maximum atomic E-state index is 2.48. The fourth-order valence-corrected chi connectivity index (χ4v) is 2.54. The van der Waals surface area contributed by atoms with Gasteiger partial charge in [0.05, 0.1) is 0 Å². The number of hydrogen-bond donors (Lipinski definition) is 0. The van der Waals surface area contributed by atoms with Gasteiger partial charge in [-0.2, -0.15) is 0 Å². The molecule has 1 heteroatoms. The van der Waals surface area contributed by atoms with Crippen LogP contribution in [0, 0.1) is 5.92 Å². The maximum Gasteiger partial charge on any atom is -0.000473 e. The molecule has 0 N–H and O–H groups in total. The summed E-state index contributed by atoms with van der Waals surface area (Å²) in [7, 11) is 0. The summed E-state index contributed by atoms with van der Waals surface area (Å²) in [5, 5.41) is 0. The van der Waals surface area contributed by atoms with Gasteiger partial charge in [-0.25, -0.2) is 0 Å². The van der Waals surface area contributed by atoms with Crippen LogP contribution in [0.3, 0.4) is 0 Å². The fourth-order valence-electron chi connectivity index (χ4n) is 2.00. The van der Waals surface area contributed by atoms with Crippen LogP contribution in [0.15, 0.2) is 0 Å². The summed E-state index contributed by atoms with van der Waals surface area (Å²) in [6.45, 7) is 4.72. The molecule has 0 rings (SSSR count). The molecule has 0 aromatic heterocycles. The van der Waals surface area contributed by atoms with Crippen LogP contribution in [0.25, 0.3) is 0 Å². The molecule has 0 aliphatic rings. The zero-order valence-electron chi connectivity index (χ0n) is 10.7. The van der Waals surface area contributed by atoms with Crippen LogP contribution in [0.1, 0.15) is 78.1 Å². The Labute approximate surface area is 111 Å². The lowest BCUT2D eigenvalue weighted by Crippen LogP contribution is -1.95. The van der Waals surface area contributed by atoms with Crippen molar-refractivity contribution in [2.75, 3.05) is 4.43 Å². The van der Waals surface area contributed by atoms with Gasteiger partial charge in [-0.1, -0.05) is 94.2 Å². The van der Waals surface area contributed by atoms with E-state index in [4.69, 9.17) is 0 Å². The molecule has 1 atom stereocenters. The van der Waals surface area contributed by atoms with E-state index in [9.17, 15) is 0 Å². The highest BCUT2D eigenvalue weighted by Crippen LogP contribution is 2.17. The van der Waals surface area contributed by atoms with Gasteiger partial charge >= 0.3 is 0 Å². The van der Waals surface area contributed by atoms with Crippen molar-refractivity contribution in [1.82, 2.24) is 0 Å². The second-order valence-electron chi connectivity index (χ2n) is 4.85. The molecule has 92 valence electrons. The van der Waals surface area contributed by atoms with Crippen LogP contribution in [-0.4, -0.2) is 4.43 Å². The lowest BCUT2D eigenvalue weighted by Gasteiger charge is -2.10. The Morgan fingerprint density at radius 3 is 1.93 bits per heavy atom. The molecule has 0 heterocycles. The van der Waals surface area contributed by atoms with Crippen molar-refractivity contribution < 1.29 is 0 Å². The van der Waals surface area contributed by atoms with E-state index in [1.165, 1.54) is 68.6 Å². The first-order chi connectivity index (χ1) is 7.31. The van der Waals surface area contributed by atoms with Crippen LogP contribution < -0.4 is 0 Å². The predicted molar refractivity (Wildman–Crippen MR) is 79.9 cm³/mol. The van der Waals surface area contributed by atoms with E-state index >= 15 is 0 Å². The van der Waals surface area contributed by atoms with Crippen LogP contribution >= 0.6 is 22.6 Å². The molecule has 0 unspecified atom stereocenters. The zero-order chi connectivity index (χ0) is 11.4. The molecule has 0 fully saturated rings. The monoisotopic (exact) mass is 324 g/mol. The van der Waals surface area contributed by atoms with Gasteiger partial charge in [-0.15, -0.1) is 0 Å². The molecule has 0 spiro atoms. The van der Waals surface area contributed by atoms with E-state index in [-0.39, 0.29) is 0 Å². The molecule has 0 amide bonds. The fraction of sp³-hybridized carbons (Fsp3) is 1.00. The van der Waals surface area contributed by atoms with E-state index in [0.29, 0.717) is 0 Å². The molecule has 0 bridgehead atoms. The van der Waals surface area contributed by atoms with Crippen molar-refractivity contribution >= 4 is 22.6 Å². The van der Waals surface area contributed by atoms with Gasteiger partial charge in [0, 0.05) is 0 Å². The Bertz CT molecular complexity index is 112. The van der Waals surface area contributed by atoms with Gasteiger partial charge in [-0.3, -0.25) is 0 Å².